The molecular weight excluding hydrogens is 438 g/mol. The van der Waals surface area contributed by atoms with Gasteiger partial charge in [0.25, 0.3) is 20.2 Å². The Hall–Kier alpha value is -0.300. The van der Waals surface area contributed by atoms with Gasteiger partial charge in [0.2, 0.25) is 0 Å². The SMILES string of the molecule is C=CCc1ccccc1S(=O)(=O)O.C=CCc1ccccc1S(=O)(=O)O.[Na+].[Na+].[O-2]. The van der Waals surface area contributed by atoms with Crippen molar-refractivity contribution in [3.8, 4) is 0 Å². The fourth-order valence-electron chi connectivity index (χ4n) is 2.16. The van der Waals surface area contributed by atoms with Gasteiger partial charge in [-0.1, -0.05) is 48.6 Å². The summed E-state index contributed by atoms with van der Waals surface area (Å²) in [4.78, 5) is -0.0928. The van der Waals surface area contributed by atoms with Crippen LogP contribution in [-0.4, -0.2) is 25.9 Å². The molecule has 2 aromatic carbocycles. The molecule has 0 unspecified atom stereocenters. The second-order valence-electron chi connectivity index (χ2n) is 5.15. The van der Waals surface area contributed by atoms with E-state index in [1.54, 1.807) is 48.6 Å². The van der Waals surface area contributed by atoms with Gasteiger partial charge in [0, 0.05) is 0 Å². The van der Waals surface area contributed by atoms with E-state index in [1.165, 1.54) is 12.1 Å². The zero-order chi connectivity index (χ0) is 19.8. The molecule has 2 aromatic rings. The Morgan fingerprint density at radius 3 is 1.21 bits per heavy atom. The molecule has 148 valence electrons. The van der Waals surface area contributed by atoms with Crippen LogP contribution in [0.1, 0.15) is 11.1 Å². The summed E-state index contributed by atoms with van der Waals surface area (Å²) < 4.78 is 61.1. The average Bonchev–Trinajstić information content (AvgIpc) is 2.55. The van der Waals surface area contributed by atoms with Gasteiger partial charge < -0.3 is 5.48 Å². The van der Waals surface area contributed by atoms with Crippen LogP contribution in [0.5, 0.6) is 0 Å². The van der Waals surface area contributed by atoms with Crippen molar-refractivity contribution in [2.45, 2.75) is 22.6 Å². The predicted molar refractivity (Wildman–Crippen MR) is 101 cm³/mol. The van der Waals surface area contributed by atoms with Crippen LogP contribution in [0.25, 0.3) is 0 Å². The zero-order valence-electron chi connectivity index (χ0n) is 16.4. The van der Waals surface area contributed by atoms with Crippen LogP contribution >= 0.6 is 0 Å². The minimum Gasteiger partial charge on any atom is -2.00 e. The molecule has 0 atom stereocenters. The van der Waals surface area contributed by atoms with E-state index < -0.39 is 20.2 Å². The van der Waals surface area contributed by atoms with Crippen molar-refractivity contribution in [1.82, 2.24) is 0 Å². The van der Waals surface area contributed by atoms with E-state index in [0.717, 1.165) is 0 Å². The normalized spacial score (nSPS) is 10.0. The maximum Gasteiger partial charge on any atom is 1.00 e. The Balaban J connectivity index is -0.000000422. The molecule has 0 saturated carbocycles. The third-order valence-corrected chi connectivity index (χ3v) is 5.14. The molecule has 0 spiro atoms. The molecule has 0 fully saturated rings. The third-order valence-electron chi connectivity index (χ3n) is 3.23. The number of hydrogen-bond donors (Lipinski definition) is 2. The minimum atomic E-state index is -4.10. The predicted octanol–water partition coefficient (Wildman–Crippen LogP) is -2.79. The molecule has 0 saturated heterocycles. The van der Waals surface area contributed by atoms with Gasteiger partial charge in [-0.2, -0.15) is 16.8 Å². The standard InChI is InChI=1S/2C9H10O3S.2Na.O/c2*1-2-5-8-6-3-4-7-9(8)13(10,11)12;;;/h2*2-4,6-7H,1,5H2,(H,10,11,12);;;/q;;2*+1;-2. The Morgan fingerprint density at radius 1 is 0.690 bits per heavy atom. The number of benzene rings is 2. The van der Waals surface area contributed by atoms with Crippen molar-refractivity contribution < 1.29 is 90.5 Å². The van der Waals surface area contributed by atoms with E-state index in [0.29, 0.717) is 24.0 Å². The van der Waals surface area contributed by atoms with Gasteiger partial charge in [0.15, 0.2) is 0 Å². The third kappa shape index (κ3) is 11.6. The van der Waals surface area contributed by atoms with Gasteiger partial charge in [0.1, 0.15) is 0 Å². The van der Waals surface area contributed by atoms with Gasteiger partial charge in [0.05, 0.1) is 9.79 Å². The van der Waals surface area contributed by atoms with Crippen LogP contribution in [-0.2, 0) is 38.6 Å². The molecule has 0 heterocycles. The molecule has 7 nitrogen and oxygen atoms in total. The van der Waals surface area contributed by atoms with E-state index in [4.69, 9.17) is 9.11 Å². The first-order valence-electron chi connectivity index (χ1n) is 7.43. The van der Waals surface area contributed by atoms with Crippen LogP contribution in [0.3, 0.4) is 0 Å². The quantitative estimate of drug-likeness (QED) is 0.273. The van der Waals surface area contributed by atoms with Crippen LogP contribution in [0.15, 0.2) is 83.6 Å². The average molecular weight is 458 g/mol. The summed E-state index contributed by atoms with van der Waals surface area (Å²) in [5, 5.41) is 0. The summed E-state index contributed by atoms with van der Waals surface area (Å²) in [5.74, 6) is 0. The Bertz CT molecular complexity index is 907. The van der Waals surface area contributed by atoms with Gasteiger partial charge in [-0.25, -0.2) is 0 Å². The topological polar surface area (TPSA) is 137 Å². The summed E-state index contributed by atoms with van der Waals surface area (Å²) in [6.07, 6.45) is 4.03. The molecule has 0 aliphatic rings. The molecule has 0 aliphatic carbocycles. The molecular formula is C18H20Na2O7S2. The van der Waals surface area contributed by atoms with Crippen molar-refractivity contribution in [2.75, 3.05) is 0 Å². The summed E-state index contributed by atoms with van der Waals surface area (Å²) >= 11 is 0. The molecule has 0 aliphatic heterocycles. The first-order chi connectivity index (χ1) is 12.1. The van der Waals surface area contributed by atoms with Crippen LogP contribution in [0.2, 0.25) is 0 Å². The molecule has 29 heavy (non-hydrogen) atoms. The summed E-state index contributed by atoms with van der Waals surface area (Å²) in [6.45, 7) is 7.01. The molecule has 0 bridgehead atoms. The second-order valence-corrected chi connectivity index (χ2v) is 7.93. The van der Waals surface area contributed by atoms with E-state index in [9.17, 15) is 16.8 Å². The van der Waals surface area contributed by atoms with Gasteiger partial charge in [-0.05, 0) is 36.1 Å². The van der Waals surface area contributed by atoms with Crippen LogP contribution < -0.4 is 59.1 Å². The number of rotatable bonds is 6. The Morgan fingerprint density at radius 2 is 0.966 bits per heavy atom. The molecule has 11 heteroatoms. The van der Waals surface area contributed by atoms with E-state index in [1.807, 2.05) is 0 Å². The fourth-order valence-corrected chi connectivity index (χ4v) is 3.63. The monoisotopic (exact) mass is 458 g/mol. The van der Waals surface area contributed by atoms with Crippen molar-refractivity contribution in [2.24, 2.45) is 0 Å². The van der Waals surface area contributed by atoms with Gasteiger partial charge in [-0.3, -0.25) is 9.11 Å². The zero-order valence-corrected chi connectivity index (χ0v) is 22.0. The Kier molecular flexibility index (Phi) is 17.8. The van der Waals surface area contributed by atoms with Crippen molar-refractivity contribution in [3.05, 3.63) is 85.0 Å². The van der Waals surface area contributed by atoms with Crippen LogP contribution in [0, 0.1) is 0 Å². The first-order valence-corrected chi connectivity index (χ1v) is 10.3. The number of allylic oxidation sites excluding steroid dienone is 2. The fraction of sp³-hybridized carbons (Fsp3) is 0.111. The molecule has 0 radical (unpaired) electrons. The molecule has 2 N–H and O–H groups in total. The summed E-state index contributed by atoms with van der Waals surface area (Å²) in [6, 6.07) is 12.6. The van der Waals surface area contributed by atoms with E-state index in [-0.39, 0.29) is 74.4 Å². The van der Waals surface area contributed by atoms with E-state index >= 15 is 0 Å². The summed E-state index contributed by atoms with van der Waals surface area (Å²) in [5.41, 5.74) is 1.11. The van der Waals surface area contributed by atoms with Crippen molar-refractivity contribution in [3.63, 3.8) is 0 Å². The second kappa shape index (κ2) is 15.5. The number of hydrogen-bond acceptors (Lipinski definition) is 4. The summed E-state index contributed by atoms with van der Waals surface area (Å²) in [7, 11) is -8.21. The van der Waals surface area contributed by atoms with Gasteiger partial charge in [-0.15, -0.1) is 13.2 Å². The molecule has 0 amide bonds. The van der Waals surface area contributed by atoms with Gasteiger partial charge >= 0.3 is 59.1 Å². The van der Waals surface area contributed by atoms with E-state index in [2.05, 4.69) is 13.2 Å². The molecule has 0 aromatic heterocycles. The first kappa shape index (κ1) is 33.3. The maximum absolute atomic E-state index is 10.8. The smallest absolute Gasteiger partial charge is 1.00 e. The Labute approximate surface area is 216 Å². The molecule has 2 rings (SSSR count). The minimum absolute atomic E-state index is 0. The largest absolute Gasteiger partial charge is 2.00 e. The maximum atomic E-state index is 10.8. The van der Waals surface area contributed by atoms with Crippen molar-refractivity contribution >= 4 is 20.2 Å². The van der Waals surface area contributed by atoms with Crippen molar-refractivity contribution in [1.29, 1.82) is 0 Å². The van der Waals surface area contributed by atoms with Crippen LogP contribution in [0.4, 0.5) is 0 Å².